The van der Waals surface area contributed by atoms with E-state index in [0.29, 0.717) is 17.1 Å². The molecule has 2 aliphatic carbocycles. The summed E-state index contributed by atoms with van der Waals surface area (Å²) < 4.78 is 31.7. The molecule has 0 spiro atoms. The molecule has 0 bridgehead atoms. The molecule has 4 rings (SSSR count). The molecule has 0 unspecified atom stereocenters. The lowest BCUT2D eigenvalue weighted by molar-refractivity contribution is 0.161. The zero-order valence-corrected chi connectivity index (χ0v) is 15.2. The molecular formula is C19H25NO3S. The lowest BCUT2D eigenvalue weighted by atomic mass is 9.62. The van der Waals surface area contributed by atoms with Gasteiger partial charge in [-0.2, -0.15) is 8.42 Å². The fraction of sp³-hybridized carbons (Fsp3) is 0.632. The van der Waals surface area contributed by atoms with Gasteiger partial charge >= 0.3 is 10.3 Å². The van der Waals surface area contributed by atoms with Gasteiger partial charge in [0.2, 0.25) is 0 Å². The first-order chi connectivity index (χ1) is 11.4. The summed E-state index contributed by atoms with van der Waals surface area (Å²) in [4.78, 5) is 0. The van der Waals surface area contributed by atoms with Crippen LogP contribution >= 0.6 is 0 Å². The van der Waals surface area contributed by atoms with Crippen molar-refractivity contribution in [2.24, 2.45) is 15.7 Å². The molecule has 1 fully saturated rings. The number of fused-ring (bicyclic) bond motifs is 5. The fourth-order valence-corrected chi connectivity index (χ4v) is 5.90. The summed E-state index contributed by atoms with van der Waals surface area (Å²) in [5, 5.41) is 0. The topological polar surface area (TPSA) is 55.7 Å². The van der Waals surface area contributed by atoms with Gasteiger partial charge in [-0.1, -0.05) is 32.8 Å². The van der Waals surface area contributed by atoms with E-state index in [-0.39, 0.29) is 0 Å². The van der Waals surface area contributed by atoms with Crippen molar-refractivity contribution in [2.75, 3.05) is 0 Å². The standard InChI is InChI=1S/C19H25NO3S/c1-3-4-5-13-6-8-17-15-7-9-18-16(12-20-24(21,22)23-18)14(15)10-11-19(13,17)2/h7,9,12-13,17H,3-6,8,10-11H2,1-2H3/t13-,17-,19+/m0/s1. The number of nitrogens with zero attached hydrogens (tertiary/aromatic N) is 1. The Bertz CT molecular complexity index is 799. The van der Waals surface area contributed by atoms with Gasteiger partial charge in [-0.3, -0.25) is 0 Å². The first-order valence-corrected chi connectivity index (χ1v) is 10.5. The Morgan fingerprint density at radius 2 is 2.17 bits per heavy atom. The van der Waals surface area contributed by atoms with Crippen molar-refractivity contribution in [3.63, 3.8) is 0 Å². The minimum Gasteiger partial charge on any atom is -0.365 e. The molecule has 3 aliphatic rings. The van der Waals surface area contributed by atoms with E-state index in [1.165, 1.54) is 55.9 Å². The number of rotatable bonds is 3. The van der Waals surface area contributed by atoms with Gasteiger partial charge in [0.1, 0.15) is 0 Å². The van der Waals surface area contributed by atoms with Crippen LogP contribution in [0.15, 0.2) is 16.5 Å². The van der Waals surface area contributed by atoms with Gasteiger partial charge in [0.15, 0.2) is 5.75 Å². The Kier molecular flexibility index (Phi) is 3.75. The molecule has 3 atom stereocenters. The van der Waals surface area contributed by atoms with Gasteiger partial charge in [0.05, 0.1) is 6.21 Å². The Labute approximate surface area is 144 Å². The van der Waals surface area contributed by atoms with E-state index in [0.717, 1.165) is 17.9 Å². The van der Waals surface area contributed by atoms with E-state index in [2.05, 4.69) is 24.3 Å². The third kappa shape index (κ3) is 2.40. The smallest absolute Gasteiger partial charge is 0.365 e. The molecule has 1 aromatic carbocycles. The lowest BCUT2D eigenvalue weighted by Gasteiger charge is -2.42. The Morgan fingerprint density at radius 3 is 2.96 bits per heavy atom. The minimum absolute atomic E-state index is 0.384. The molecule has 1 heterocycles. The molecule has 0 aromatic heterocycles. The summed E-state index contributed by atoms with van der Waals surface area (Å²) in [6, 6.07) is 3.93. The predicted octanol–water partition coefficient (Wildman–Crippen LogP) is 4.38. The van der Waals surface area contributed by atoms with E-state index in [4.69, 9.17) is 4.18 Å². The van der Waals surface area contributed by atoms with Gasteiger partial charge < -0.3 is 4.18 Å². The maximum Gasteiger partial charge on any atom is 0.428 e. The molecule has 1 saturated carbocycles. The average Bonchev–Trinajstić information content (AvgIpc) is 2.88. The zero-order chi connectivity index (χ0) is 16.9. The Balaban J connectivity index is 1.72. The van der Waals surface area contributed by atoms with E-state index < -0.39 is 10.3 Å². The normalized spacial score (nSPS) is 32.6. The van der Waals surface area contributed by atoms with E-state index in [1.54, 1.807) is 0 Å². The maximum absolute atomic E-state index is 11.5. The summed E-state index contributed by atoms with van der Waals surface area (Å²) >= 11 is 0. The van der Waals surface area contributed by atoms with Crippen LogP contribution in [0.25, 0.3) is 0 Å². The van der Waals surface area contributed by atoms with E-state index >= 15 is 0 Å². The van der Waals surface area contributed by atoms with Crippen molar-refractivity contribution in [1.82, 2.24) is 0 Å². The number of hydrogen-bond acceptors (Lipinski definition) is 3. The molecule has 0 N–H and O–H groups in total. The predicted molar refractivity (Wildman–Crippen MR) is 95.0 cm³/mol. The molecule has 130 valence electrons. The number of benzene rings is 1. The quantitative estimate of drug-likeness (QED) is 0.815. The lowest BCUT2D eigenvalue weighted by Crippen LogP contribution is -2.33. The summed E-state index contributed by atoms with van der Waals surface area (Å²) in [5.41, 5.74) is 3.91. The van der Waals surface area contributed by atoms with Crippen LogP contribution in [-0.2, 0) is 16.7 Å². The summed E-state index contributed by atoms with van der Waals surface area (Å²) in [6.07, 6.45) is 10.1. The van der Waals surface area contributed by atoms with Crippen LogP contribution in [-0.4, -0.2) is 14.6 Å². The van der Waals surface area contributed by atoms with E-state index in [1.807, 2.05) is 6.07 Å². The second-order valence-electron chi connectivity index (χ2n) is 7.77. The largest absolute Gasteiger partial charge is 0.428 e. The first kappa shape index (κ1) is 16.1. The van der Waals surface area contributed by atoms with E-state index in [9.17, 15) is 8.42 Å². The third-order valence-corrected chi connectivity index (χ3v) is 7.34. The first-order valence-electron chi connectivity index (χ1n) is 9.10. The highest BCUT2D eigenvalue weighted by molar-refractivity contribution is 7.86. The van der Waals surface area contributed by atoms with Crippen molar-refractivity contribution >= 4 is 16.5 Å². The fourth-order valence-electron chi connectivity index (χ4n) is 5.25. The highest BCUT2D eigenvalue weighted by Gasteiger charge is 2.49. The van der Waals surface area contributed by atoms with Crippen LogP contribution in [0.1, 0.15) is 75.0 Å². The second kappa shape index (κ2) is 5.58. The van der Waals surface area contributed by atoms with Gasteiger partial charge in [-0.15, -0.1) is 4.40 Å². The minimum atomic E-state index is -3.80. The zero-order valence-electron chi connectivity index (χ0n) is 14.4. The van der Waals surface area contributed by atoms with Crippen LogP contribution in [0.5, 0.6) is 5.75 Å². The molecule has 24 heavy (non-hydrogen) atoms. The molecule has 5 heteroatoms. The summed E-state index contributed by atoms with van der Waals surface area (Å²) in [6.45, 7) is 4.74. The van der Waals surface area contributed by atoms with Crippen LogP contribution in [0.3, 0.4) is 0 Å². The van der Waals surface area contributed by atoms with Gasteiger partial charge in [-0.05, 0) is 66.5 Å². The molecule has 0 amide bonds. The van der Waals surface area contributed by atoms with Crippen molar-refractivity contribution in [2.45, 2.75) is 64.7 Å². The van der Waals surface area contributed by atoms with Crippen LogP contribution < -0.4 is 4.18 Å². The maximum atomic E-state index is 11.5. The molecular weight excluding hydrogens is 322 g/mol. The van der Waals surface area contributed by atoms with Gasteiger partial charge in [-0.25, -0.2) is 0 Å². The van der Waals surface area contributed by atoms with Crippen LogP contribution in [0.2, 0.25) is 0 Å². The Hall–Kier alpha value is -1.36. The van der Waals surface area contributed by atoms with Gasteiger partial charge in [0, 0.05) is 5.56 Å². The Morgan fingerprint density at radius 1 is 1.33 bits per heavy atom. The van der Waals surface area contributed by atoms with Crippen molar-refractivity contribution in [1.29, 1.82) is 0 Å². The molecule has 4 nitrogen and oxygen atoms in total. The summed E-state index contributed by atoms with van der Waals surface area (Å²) in [5.74, 6) is 1.84. The summed E-state index contributed by atoms with van der Waals surface area (Å²) in [7, 11) is -3.80. The molecule has 0 radical (unpaired) electrons. The van der Waals surface area contributed by atoms with Crippen LogP contribution in [0, 0.1) is 11.3 Å². The average molecular weight is 347 g/mol. The monoisotopic (exact) mass is 347 g/mol. The number of unbranched alkanes of at least 4 members (excludes halogenated alkanes) is 1. The van der Waals surface area contributed by atoms with Crippen molar-refractivity contribution in [3.05, 3.63) is 28.8 Å². The third-order valence-electron chi connectivity index (χ3n) is 6.59. The molecule has 0 saturated heterocycles. The van der Waals surface area contributed by atoms with Crippen molar-refractivity contribution < 1.29 is 12.6 Å². The van der Waals surface area contributed by atoms with Crippen molar-refractivity contribution in [3.8, 4) is 5.75 Å². The molecule has 1 aromatic rings. The van der Waals surface area contributed by atoms with Gasteiger partial charge in [0.25, 0.3) is 0 Å². The highest BCUT2D eigenvalue weighted by atomic mass is 32.2. The molecule has 1 aliphatic heterocycles. The highest BCUT2D eigenvalue weighted by Crippen LogP contribution is 2.60. The second-order valence-corrected chi connectivity index (χ2v) is 9.00. The van der Waals surface area contributed by atoms with Crippen LogP contribution in [0.4, 0.5) is 0 Å². The number of hydrogen-bond donors (Lipinski definition) is 0. The SMILES string of the molecule is CCCC[C@H]1CC[C@H]2c3ccc4c(c3CC[C@]12C)C=NS(=O)(=O)O4.